The number of aromatic nitrogens is 2. The van der Waals surface area contributed by atoms with Crippen molar-refractivity contribution in [3.63, 3.8) is 0 Å². The Labute approximate surface area is 108 Å². The number of nitrogens with one attached hydrogen (secondary N) is 1. The number of hydrogen-bond donors (Lipinski definition) is 1. The third kappa shape index (κ3) is 2.73. The summed E-state index contributed by atoms with van der Waals surface area (Å²) in [6.45, 7) is 3.35. The molecule has 98 valence electrons. The average molecular weight is 263 g/mol. The van der Waals surface area contributed by atoms with Crippen LogP contribution < -0.4 is 5.32 Å². The largest absolute Gasteiger partial charge is 0.322 e. The molecule has 0 aliphatic carbocycles. The minimum atomic E-state index is -1.02. The fourth-order valence-electron chi connectivity index (χ4n) is 1.69. The molecule has 0 aliphatic rings. The molecule has 0 spiro atoms. The molecule has 0 radical (unpaired) electrons. The number of amides is 1. The van der Waals surface area contributed by atoms with Crippen LogP contribution in [0.4, 0.5) is 14.5 Å². The van der Waals surface area contributed by atoms with Crippen molar-refractivity contribution in [2.24, 2.45) is 0 Å². The molecule has 1 N–H and O–H groups in total. The van der Waals surface area contributed by atoms with E-state index in [2.05, 4.69) is 15.3 Å². The molecule has 4 nitrogen and oxygen atoms in total. The zero-order chi connectivity index (χ0) is 14.0. The smallest absolute Gasteiger partial charge is 0.259 e. The SMILES string of the molecule is Cc1ncnc(C)c1C(=O)Nc1ccc(F)c(F)c1. The molecule has 2 aromatic rings. The zero-order valence-electron chi connectivity index (χ0n) is 10.4. The topological polar surface area (TPSA) is 54.9 Å². The Kier molecular flexibility index (Phi) is 3.50. The van der Waals surface area contributed by atoms with Crippen LogP contribution >= 0.6 is 0 Å². The van der Waals surface area contributed by atoms with E-state index >= 15 is 0 Å². The maximum absolute atomic E-state index is 13.0. The molecule has 6 heteroatoms. The lowest BCUT2D eigenvalue weighted by Gasteiger charge is -2.09. The number of rotatable bonds is 2. The third-order valence-corrected chi connectivity index (χ3v) is 2.63. The average Bonchev–Trinajstić information content (AvgIpc) is 2.33. The molecule has 0 atom stereocenters. The number of aryl methyl sites for hydroxylation is 2. The van der Waals surface area contributed by atoms with Crippen molar-refractivity contribution < 1.29 is 13.6 Å². The van der Waals surface area contributed by atoms with Crippen LogP contribution in [0.1, 0.15) is 21.7 Å². The van der Waals surface area contributed by atoms with Crippen molar-refractivity contribution in [3.05, 3.63) is 53.1 Å². The van der Waals surface area contributed by atoms with Crippen LogP contribution in [-0.2, 0) is 0 Å². The van der Waals surface area contributed by atoms with Gasteiger partial charge in [0.2, 0.25) is 0 Å². The Morgan fingerprint density at radius 1 is 1.11 bits per heavy atom. The molecule has 1 aromatic carbocycles. The summed E-state index contributed by atoms with van der Waals surface area (Å²) < 4.78 is 25.8. The summed E-state index contributed by atoms with van der Waals surface area (Å²) in [5.74, 6) is -2.44. The van der Waals surface area contributed by atoms with Crippen LogP contribution in [0.15, 0.2) is 24.5 Å². The lowest BCUT2D eigenvalue weighted by molar-refractivity contribution is 0.102. The van der Waals surface area contributed by atoms with Gasteiger partial charge in [-0.25, -0.2) is 18.7 Å². The Morgan fingerprint density at radius 3 is 2.32 bits per heavy atom. The van der Waals surface area contributed by atoms with Gasteiger partial charge in [0.15, 0.2) is 11.6 Å². The van der Waals surface area contributed by atoms with Gasteiger partial charge >= 0.3 is 0 Å². The number of nitrogens with zero attached hydrogens (tertiary/aromatic N) is 2. The normalized spacial score (nSPS) is 10.3. The second-order valence-corrected chi connectivity index (χ2v) is 4.00. The number of carbonyl (C=O) groups excluding carboxylic acids is 1. The van der Waals surface area contributed by atoms with Gasteiger partial charge in [0, 0.05) is 11.8 Å². The summed E-state index contributed by atoms with van der Waals surface area (Å²) in [5, 5.41) is 2.48. The van der Waals surface area contributed by atoms with Crippen LogP contribution in [0, 0.1) is 25.5 Å². The van der Waals surface area contributed by atoms with Crippen molar-refractivity contribution in [1.29, 1.82) is 0 Å². The number of benzene rings is 1. The zero-order valence-corrected chi connectivity index (χ0v) is 10.4. The Balaban J connectivity index is 2.28. The summed E-state index contributed by atoms with van der Waals surface area (Å²) in [6, 6.07) is 3.15. The van der Waals surface area contributed by atoms with E-state index in [0.717, 1.165) is 12.1 Å². The third-order valence-electron chi connectivity index (χ3n) is 2.63. The first-order valence-corrected chi connectivity index (χ1v) is 5.53. The lowest BCUT2D eigenvalue weighted by atomic mass is 10.1. The molecular formula is C13H11F2N3O. The van der Waals surface area contributed by atoms with Gasteiger partial charge in [-0.3, -0.25) is 4.79 Å². The van der Waals surface area contributed by atoms with Gasteiger partial charge in [0.05, 0.1) is 17.0 Å². The van der Waals surface area contributed by atoms with Gasteiger partial charge in [-0.2, -0.15) is 0 Å². The van der Waals surface area contributed by atoms with Gasteiger partial charge in [-0.1, -0.05) is 0 Å². The molecule has 1 amide bonds. The van der Waals surface area contributed by atoms with Gasteiger partial charge in [-0.05, 0) is 26.0 Å². The van der Waals surface area contributed by atoms with Crippen molar-refractivity contribution in [2.75, 3.05) is 5.32 Å². The van der Waals surface area contributed by atoms with Gasteiger partial charge in [0.25, 0.3) is 5.91 Å². The lowest BCUT2D eigenvalue weighted by Crippen LogP contribution is -2.16. The molecule has 0 saturated heterocycles. The van der Waals surface area contributed by atoms with Crippen molar-refractivity contribution >= 4 is 11.6 Å². The molecule has 1 heterocycles. The first kappa shape index (κ1) is 13.1. The van der Waals surface area contributed by atoms with Crippen molar-refractivity contribution in [2.45, 2.75) is 13.8 Å². The first-order chi connectivity index (χ1) is 8.99. The maximum Gasteiger partial charge on any atom is 0.259 e. The predicted molar refractivity (Wildman–Crippen MR) is 65.8 cm³/mol. The van der Waals surface area contributed by atoms with E-state index in [9.17, 15) is 13.6 Å². The predicted octanol–water partition coefficient (Wildman–Crippen LogP) is 2.62. The van der Waals surface area contributed by atoms with Gasteiger partial charge in [-0.15, -0.1) is 0 Å². The minimum Gasteiger partial charge on any atom is -0.322 e. The van der Waals surface area contributed by atoms with Crippen molar-refractivity contribution in [1.82, 2.24) is 9.97 Å². The molecule has 0 unspecified atom stereocenters. The van der Waals surface area contributed by atoms with E-state index in [1.807, 2.05) is 0 Å². The number of carbonyl (C=O) groups is 1. The Hall–Kier alpha value is -2.37. The standard InChI is InChI=1S/C13H11F2N3O/c1-7-12(8(2)17-6-16-7)13(19)18-9-3-4-10(14)11(15)5-9/h3-6H,1-2H3,(H,18,19). The van der Waals surface area contributed by atoms with Crippen LogP contribution in [-0.4, -0.2) is 15.9 Å². The molecule has 0 aliphatic heterocycles. The summed E-state index contributed by atoms with van der Waals surface area (Å²) in [7, 11) is 0. The second kappa shape index (κ2) is 5.09. The molecule has 19 heavy (non-hydrogen) atoms. The highest BCUT2D eigenvalue weighted by Crippen LogP contribution is 2.16. The maximum atomic E-state index is 13.0. The monoisotopic (exact) mass is 263 g/mol. The Bertz CT molecular complexity index is 624. The number of hydrogen-bond acceptors (Lipinski definition) is 3. The number of halogens is 2. The molecular weight excluding hydrogens is 252 g/mol. The molecule has 2 rings (SSSR count). The van der Waals surface area contributed by atoms with E-state index in [1.54, 1.807) is 13.8 Å². The van der Waals surface area contributed by atoms with Crippen LogP contribution in [0.25, 0.3) is 0 Å². The summed E-state index contributed by atoms with van der Waals surface area (Å²) in [4.78, 5) is 19.9. The molecule has 0 bridgehead atoms. The molecule has 1 aromatic heterocycles. The van der Waals surface area contributed by atoms with Crippen molar-refractivity contribution in [3.8, 4) is 0 Å². The summed E-state index contributed by atoms with van der Waals surface area (Å²) in [5.41, 5.74) is 1.54. The van der Waals surface area contributed by atoms with Gasteiger partial charge < -0.3 is 5.32 Å². The fourth-order valence-corrected chi connectivity index (χ4v) is 1.69. The quantitative estimate of drug-likeness (QED) is 0.906. The van der Waals surface area contributed by atoms with Crippen LogP contribution in [0.3, 0.4) is 0 Å². The van der Waals surface area contributed by atoms with E-state index in [4.69, 9.17) is 0 Å². The van der Waals surface area contributed by atoms with Crippen LogP contribution in [0.2, 0.25) is 0 Å². The Morgan fingerprint density at radius 2 is 1.74 bits per heavy atom. The van der Waals surface area contributed by atoms with Crippen LogP contribution in [0.5, 0.6) is 0 Å². The molecule has 0 fully saturated rings. The summed E-state index contributed by atoms with van der Waals surface area (Å²) >= 11 is 0. The highest BCUT2D eigenvalue weighted by atomic mass is 19.2. The highest BCUT2D eigenvalue weighted by molar-refractivity contribution is 6.05. The van der Waals surface area contributed by atoms with E-state index in [-0.39, 0.29) is 5.69 Å². The van der Waals surface area contributed by atoms with E-state index < -0.39 is 17.5 Å². The molecule has 0 saturated carbocycles. The van der Waals surface area contributed by atoms with E-state index in [0.29, 0.717) is 17.0 Å². The highest BCUT2D eigenvalue weighted by Gasteiger charge is 2.14. The fraction of sp³-hybridized carbons (Fsp3) is 0.154. The number of anilines is 1. The second-order valence-electron chi connectivity index (χ2n) is 4.00. The van der Waals surface area contributed by atoms with Gasteiger partial charge in [0.1, 0.15) is 6.33 Å². The minimum absolute atomic E-state index is 0.173. The first-order valence-electron chi connectivity index (χ1n) is 5.53. The summed E-state index contributed by atoms with van der Waals surface area (Å²) in [6.07, 6.45) is 1.36. The van der Waals surface area contributed by atoms with E-state index in [1.165, 1.54) is 12.4 Å².